The van der Waals surface area contributed by atoms with Gasteiger partial charge in [-0.15, -0.1) is 0 Å². The van der Waals surface area contributed by atoms with Crippen molar-refractivity contribution in [3.05, 3.63) is 82.6 Å². The van der Waals surface area contributed by atoms with Crippen LogP contribution in [0.3, 0.4) is 0 Å². The zero-order valence-corrected chi connectivity index (χ0v) is 18.7. The number of aryl methyl sites for hydroxylation is 1. The molecule has 4 aromatic rings. The van der Waals surface area contributed by atoms with Crippen molar-refractivity contribution in [1.29, 1.82) is 0 Å². The molecule has 1 fully saturated rings. The largest absolute Gasteiger partial charge is 0.347 e. The Balaban J connectivity index is 1.43. The van der Waals surface area contributed by atoms with E-state index in [1.165, 1.54) is 0 Å². The van der Waals surface area contributed by atoms with E-state index in [9.17, 15) is 4.79 Å². The number of carbonyl (C=O) groups is 1. The molecule has 162 valence electrons. The SMILES string of the molecule is Cc1cc(-c2n[nH]c3ccc(C(=O)NC4CN(C)CC4c4ccccc4Cl)cc23)ccn1. The Kier molecular flexibility index (Phi) is 5.41. The van der Waals surface area contributed by atoms with Gasteiger partial charge in [0.1, 0.15) is 5.69 Å². The molecule has 7 heteroatoms. The lowest BCUT2D eigenvalue weighted by Crippen LogP contribution is -2.39. The predicted molar refractivity (Wildman–Crippen MR) is 127 cm³/mol. The van der Waals surface area contributed by atoms with E-state index in [1.807, 2.05) is 61.5 Å². The molecule has 0 aliphatic carbocycles. The molecule has 0 bridgehead atoms. The summed E-state index contributed by atoms with van der Waals surface area (Å²) in [7, 11) is 2.07. The summed E-state index contributed by atoms with van der Waals surface area (Å²) in [6.45, 7) is 3.57. The van der Waals surface area contributed by atoms with Gasteiger partial charge in [0.15, 0.2) is 0 Å². The van der Waals surface area contributed by atoms with Gasteiger partial charge in [-0.05, 0) is 55.9 Å². The van der Waals surface area contributed by atoms with E-state index in [4.69, 9.17) is 11.6 Å². The molecule has 32 heavy (non-hydrogen) atoms. The number of likely N-dealkylation sites (tertiary alicyclic amines) is 1. The Morgan fingerprint density at radius 1 is 1.16 bits per heavy atom. The number of rotatable bonds is 4. The Morgan fingerprint density at radius 3 is 2.81 bits per heavy atom. The van der Waals surface area contributed by atoms with Crippen molar-refractivity contribution in [1.82, 2.24) is 25.4 Å². The van der Waals surface area contributed by atoms with Gasteiger partial charge in [-0.2, -0.15) is 5.10 Å². The van der Waals surface area contributed by atoms with Crippen LogP contribution >= 0.6 is 11.6 Å². The first-order valence-corrected chi connectivity index (χ1v) is 11.0. The second-order valence-corrected chi connectivity index (χ2v) is 8.85. The maximum Gasteiger partial charge on any atom is 0.251 e. The van der Waals surface area contributed by atoms with Crippen LogP contribution in [0.4, 0.5) is 0 Å². The average molecular weight is 446 g/mol. The van der Waals surface area contributed by atoms with Gasteiger partial charge in [0.05, 0.1) is 5.52 Å². The fraction of sp³-hybridized carbons (Fsp3) is 0.240. The number of pyridine rings is 1. The number of aromatic nitrogens is 3. The number of nitrogens with zero attached hydrogens (tertiary/aromatic N) is 3. The molecule has 1 amide bonds. The van der Waals surface area contributed by atoms with Gasteiger partial charge in [0, 0.05) is 58.5 Å². The lowest BCUT2D eigenvalue weighted by molar-refractivity contribution is 0.0936. The smallest absolute Gasteiger partial charge is 0.251 e. The number of fused-ring (bicyclic) bond motifs is 1. The van der Waals surface area contributed by atoms with Crippen molar-refractivity contribution in [3.8, 4) is 11.3 Å². The molecule has 6 nitrogen and oxygen atoms in total. The number of amides is 1. The Bertz CT molecular complexity index is 1300. The van der Waals surface area contributed by atoms with Crippen molar-refractivity contribution in [3.63, 3.8) is 0 Å². The molecule has 0 saturated carbocycles. The molecule has 2 aromatic carbocycles. The number of benzene rings is 2. The highest BCUT2D eigenvalue weighted by Crippen LogP contribution is 2.32. The molecular weight excluding hydrogens is 422 g/mol. The van der Waals surface area contributed by atoms with Crippen LogP contribution in [0.25, 0.3) is 22.2 Å². The third-order valence-electron chi connectivity index (χ3n) is 6.12. The van der Waals surface area contributed by atoms with Crippen LogP contribution in [0.2, 0.25) is 5.02 Å². The molecule has 5 rings (SSSR count). The van der Waals surface area contributed by atoms with E-state index < -0.39 is 0 Å². The Hall–Kier alpha value is -3.22. The summed E-state index contributed by atoms with van der Waals surface area (Å²) in [4.78, 5) is 19.7. The van der Waals surface area contributed by atoms with E-state index in [2.05, 4.69) is 32.4 Å². The number of carbonyl (C=O) groups excluding carboxylic acids is 1. The highest BCUT2D eigenvalue weighted by Gasteiger charge is 2.34. The third kappa shape index (κ3) is 3.87. The molecule has 2 atom stereocenters. The predicted octanol–water partition coefficient (Wildman–Crippen LogP) is 4.41. The van der Waals surface area contributed by atoms with Crippen molar-refractivity contribution in [2.24, 2.45) is 0 Å². The molecule has 1 aliphatic heterocycles. The summed E-state index contributed by atoms with van der Waals surface area (Å²) in [5.74, 6) is 0.0490. The van der Waals surface area contributed by atoms with Gasteiger partial charge in [0.25, 0.3) is 5.91 Å². The highest BCUT2D eigenvalue weighted by atomic mass is 35.5. The molecule has 2 N–H and O–H groups in total. The topological polar surface area (TPSA) is 73.9 Å². The van der Waals surface area contributed by atoms with Crippen molar-refractivity contribution in [2.75, 3.05) is 20.1 Å². The minimum atomic E-state index is -0.0951. The third-order valence-corrected chi connectivity index (χ3v) is 6.46. The molecule has 1 saturated heterocycles. The minimum Gasteiger partial charge on any atom is -0.347 e. The van der Waals surface area contributed by atoms with Gasteiger partial charge < -0.3 is 10.2 Å². The normalized spacial score (nSPS) is 18.8. The number of hydrogen-bond acceptors (Lipinski definition) is 4. The van der Waals surface area contributed by atoms with E-state index in [0.29, 0.717) is 5.56 Å². The fourth-order valence-corrected chi connectivity index (χ4v) is 4.83. The van der Waals surface area contributed by atoms with E-state index in [1.54, 1.807) is 6.20 Å². The maximum absolute atomic E-state index is 13.2. The number of H-pyrrole nitrogens is 1. The minimum absolute atomic E-state index is 0.0187. The lowest BCUT2D eigenvalue weighted by atomic mass is 9.94. The second-order valence-electron chi connectivity index (χ2n) is 8.45. The molecular formula is C25H24ClN5O. The summed E-state index contributed by atoms with van der Waals surface area (Å²) in [6, 6.07) is 17.4. The van der Waals surface area contributed by atoms with Crippen molar-refractivity contribution in [2.45, 2.75) is 18.9 Å². The highest BCUT2D eigenvalue weighted by molar-refractivity contribution is 6.31. The van der Waals surface area contributed by atoms with E-state index in [0.717, 1.165) is 51.5 Å². The van der Waals surface area contributed by atoms with Crippen LogP contribution in [-0.2, 0) is 0 Å². The molecule has 2 unspecified atom stereocenters. The molecule has 1 aliphatic rings. The van der Waals surface area contributed by atoms with Crippen LogP contribution in [0.15, 0.2) is 60.8 Å². The van der Waals surface area contributed by atoms with Gasteiger partial charge >= 0.3 is 0 Å². The lowest BCUT2D eigenvalue weighted by Gasteiger charge is -2.21. The Morgan fingerprint density at radius 2 is 2.00 bits per heavy atom. The first-order valence-electron chi connectivity index (χ1n) is 10.6. The summed E-state index contributed by atoms with van der Waals surface area (Å²) in [5.41, 5.74) is 5.28. The number of halogens is 1. The van der Waals surface area contributed by atoms with Gasteiger partial charge in [-0.25, -0.2) is 0 Å². The Labute approximate surface area is 191 Å². The van der Waals surface area contributed by atoms with Crippen LogP contribution in [-0.4, -0.2) is 52.2 Å². The molecule has 0 spiro atoms. The van der Waals surface area contributed by atoms with Crippen LogP contribution in [0, 0.1) is 6.92 Å². The summed E-state index contributed by atoms with van der Waals surface area (Å²) in [5, 5.41) is 12.4. The maximum atomic E-state index is 13.2. The molecule has 3 heterocycles. The van der Waals surface area contributed by atoms with Gasteiger partial charge in [-0.3, -0.25) is 14.9 Å². The second kappa shape index (κ2) is 8.37. The monoisotopic (exact) mass is 445 g/mol. The number of aromatic amines is 1. The molecule has 2 aromatic heterocycles. The number of hydrogen-bond donors (Lipinski definition) is 2. The quantitative estimate of drug-likeness (QED) is 0.488. The first kappa shape index (κ1) is 20.7. The first-order chi connectivity index (χ1) is 15.5. The summed E-state index contributed by atoms with van der Waals surface area (Å²) in [6.07, 6.45) is 1.77. The number of nitrogens with one attached hydrogen (secondary N) is 2. The van der Waals surface area contributed by atoms with Crippen molar-refractivity contribution >= 4 is 28.4 Å². The summed E-state index contributed by atoms with van der Waals surface area (Å²) < 4.78 is 0. The van der Waals surface area contributed by atoms with Crippen LogP contribution in [0.1, 0.15) is 27.5 Å². The summed E-state index contributed by atoms with van der Waals surface area (Å²) >= 11 is 6.46. The zero-order valence-electron chi connectivity index (χ0n) is 18.0. The van der Waals surface area contributed by atoms with Crippen LogP contribution < -0.4 is 5.32 Å². The zero-order chi connectivity index (χ0) is 22.2. The fourth-order valence-electron chi connectivity index (χ4n) is 4.56. The standard InChI is InChI=1S/C25H24ClN5O/c1-15-11-16(9-10-27-15)24-19-12-17(7-8-22(19)29-30-24)25(32)28-23-14-31(2)13-20(23)18-5-3-4-6-21(18)26/h3-12,20,23H,13-14H2,1-2H3,(H,28,32)(H,29,30). The van der Waals surface area contributed by atoms with E-state index in [-0.39, 0.29) is 17.9 Å². The van der Waals surface area contributed by atoms with E-state index >= 15 is 0 Å². The van der Waals surface area contributed by atoms with Crippen molar-refractivity contribution < 1.29 is 4.79 Å². The average Bonchev–Trinajstić information content (AvgIpc) is 3.36. The van der Waals surface area contributed by atoms with Crippen LogP contribution in [0.5, 0.6) is 0 Å². The molecule has 0 radical (unpaired) electrons. The van der Waals surface area contributed by atoms with Gasteiger partial charge in [-0.1, -0.05) is 29.8 Å². The number of likely N-dealkylation sites (N-methyl/N-ethyl adjacent to an activating group) is 1. The van der Waals surface area contributed by atoms with Gasteiger partial charge in [0.2, 0.25) is 0 Å².